The maximum Gasteiger partial charge on any atom is 0.124 e. The molecule has 0 spiro atoms. The second-order valence-corrected chi connectivity index (χ2v) is 5.62. The number of nitrogens with two attached hydrogens (primary N) is 1. The number of hydrazine groups is 1. The number of rotatable bonds is 6. The largest absolute Gasteiger partial charge is 0.491 e. The Morgan fingerprint density at radius 2 is 2.15 bits per heavy atom. The maximum absolute atomic E-state index is 5.92. The van der Waals surface area contributed by atoms with Crippen LogP contribution in [-0.4, -0.2) is 18.8 Å². The summed E-state index contributed by atoms with van der Waals surface area (Å²) in [5, 5.41) is 0. The number of hydrogen-bond donors (Lipinski definition) is 2. The van der Waals surface area contributed by atoms with Gasteiger partial charge in [-0.15, -0.1) is 0 Å². The molecule has 1 aromatic rings. The zero-order valence-corrected chi connectivity index (χ0v) is 12.6. The van der Waals surface area contributed by atoms with Crippen LogP contribution in [0.15, 0.2) is 24.3 Å². The smallest absolute Gasteiger partial charge is 0.124 e. The molecule has 0 aliphatic carbocycles. The quantitative estimate of drug-likeness (QED) is 0.620. The molecule has 20 heavy (non-hydrogen) atoms. The number of hydrogen-bond acceptors (Lipinski definition) is 4. The molecule has 0 aromatic heterocycles. The van der Waals surface area contributed by atoms with E-state index < -0.39 is 0 Å². The van der Waals surface area contributed by atoms with Gasteiger partial charge in [0.15, 0.2) is 0 Å². The summed E-state index contributed by atoms with van der Waals surface area (Å²) in [7, 11) is 0. The van der Waals surface area contributed by atoms with Gasteiger partial charge in [0.2, 0.25) is 0 Å². The van der Waals surface area contributed by atoms with E-state index in [9.17, 15) is 0 Å². The van der Waals surface area contributed by atoms with Crippen LogP contribution in [0, 0.1) is 5.92 Å². The average molecular weight is 278 g/mol. The Hall–Kier alpha value is -1.10. The Labute approximate surface area is 121 Å². The van der Waals surface area contributed by atoms with Gasteiger partial charge in [-0.2, -0.15) is 0 Å². The van der Waals surface area contributed by atoms with E-state index in [-0.39, 0.29) is 18.2 Å². The minimum absolute atomic E-state index is 0.0670. The fourth-order valence-electron chi connectivity index (χ4n) is 3.01. The molecule has 2 rings (SSSR count). The highest BCUT2D eigenvalue weighted by Crippen LogP contribution is 2.38. The van der Waals surface area contributed by atoms with Crippen molar-refractivity contribution in [3.05, 3.63) is 29.8 Å². The predicted octanol–water partition coefficient (Wildman–Crippen LogP) is 2.79. The van der Waals surface area contributed by atoms with E-state index in [2.05, 4.69) is 18.4 Å². The standard InChI is InChI=1S/C16H26N2O2/c1-4-14-13(9-10-19-14)16(18-17)12-7-5-6-8-15(12)20-11(2)3/h5-8,11,13-14,16,18H,4,9-10,17H2,1-3H3. The third-order valence-corrected chi connectivity index (χ3v) is 3.89. The van der Waals surface area contributed by atoms with Crippen molar-refractivity contribution in [3.8, 4) is 5.75 Å². The number of ether oxygens (including phenoxy) is 2. The summed E-state index contributed by atoms with van der Waals surface area (Å²) in [6, 6.07) is 8.20. The predicted molar refractivity (Wildman–Crippen MR) is 80.4 cm³/mol. The summed E-state index contributed by atoms with van der Waals surface area (Å²) in [4.78, 5) is 0. The van der Waals surface area contributed by atoms with Gasteiger partial charge >= 0.3 is 0 Å². The van der Waals surface area contributed by atoms with Crippen LogP contribution in [0.2, 0.25) is 0 Å². The Kier molecular flexibility index (Phi) is 5.40. The van der Waals surface area contributed by atoms with E-state index in [1.807, 2.05) is 32.0 Å². The molecular formula is C16H26N2O2. The van der Waals surface area contributed by atoms with Crippen LogP contribution in [0.1, 0.15) is 45.2 Å². The molecule has 4 heteroatoms. The molecule has 0 bridgehead atoms. The summed E-state index contributed by atoms with van der Waals surface area (Å²) in [6.07, 6.45) is 2.46. The second-order valence-electron chi connectivity index (χ2n) is 5.62. The fourth-order valence-corrected chi connectivity index (χ4v) is 3.01. The molecule has 1 aromatic carbocycles. The summed E-state index contributed by atoms with van der Waals surface area (Å²) in [5.41, 5.74) is 4.10. The van der Waals surface area contributed by atoms with Crippen LogP contribution >= 0.6 is 0 Å². The van der Waals surface area contributed by atoms with E-state index in [1.165, 1.54) is 0 Å². The van der Waals surface area contributed by atoms with Crippen LogP contribution in [0.5, 0.6) is 5.75 Å². The molecule has 3 N–H and O–H groups in total. The zero-order valence-electron chi connectivity index (χ0n) is 12.6. The molecule has 3 atom stereocenters. The lowest BCUT2D eigenvalue weighted by Gasteiger charge is -2.28. The topological polar surface area (TPSA) is 56.5 Å². The van der Waals surface area contributed by atoms with E-state index >= 15 is 0 Å². The third-order valence-electron chi connectivity index (χ3n) is 3.89. The highest BCUT2D eigenvalue weighted by atomic mass is 16.5. The summed E-state index contributed by atoms with van der Waals surface area (Å²) in [5.74, 6) is 7.14. The van der Waals surface area contributed by atoms with Crippen molar-refractivity contribution in [2.45, 2.75) is 51.9 Å². The van der Waals surface area contributed by atoms with Crippen molar-refractivity contribution in [1.82, 2.24) is 5.43 Å². The van der Waals surface area contributed by atoms with E-state index in [0.717, 1.165) is 30.8 Å². The maximum atomic E-state index is 5.92. The molecule has 1 aliphatic rings. The van der Waals surface area contributed by atoms with Gasteiger partial charge in [-0.1, -0.05) is 25.1 Å². The van der Waals surface area contributed by atoms with Gasteiger partial charge in [-0.25, -0.2) is 0 Å². The molecular weight excluding hydrogens is 252 g/mol. The highest BCUT2D eigenvalue weighted by Gasteiger charge is 2.35. The molecule has 112 valence electrons. The monoisotopic (exact) mass is 278 g/mol. The number of para-hydroxylation sites is 1. The lowest BCUT2D eigenvalue weighted by atomic mass is 9.86. The van der Waals surface area contributed by atoms with Crippen LogP contribution in [0.4, 0.5) is 0 Å². The van der Waals surface area contributed by atoms with Crippen molar-refractivity contribution in [2.75, 3.05) is 6.61 Å². The minimum Gasteiger partial charge on any atom is -0.491 e. The van der Waals surface area contributed by atoms with Gasteiger partial charge in [0.05, 0.1) is 18.2 Å². The van der Waals surface area contributed by atoms with Crippen molar-refractivity contribution in [2.24, 2.45) is 11.8 Å². The Morgan fingerprint density at radius 1 is 1.40 bits per heavy atom. The second kappa shape index (κ2) is 7.07. The zero-order chi connectivity index (χ0) is 14.5. The molecule has 1 saturated heterocycles. The molecule has 4 nitrogen and oxygen atoms in total. The normalized spacial score (nSPS) is 24.1. The van der Waals surface area contributed by atoms with Crippen LogP contribution in [-0.2, 0) is 4.74 Å². The van der Waals surface area contributed by atoms with Crippen LogP contribution in [0.25, 0.3) is 0 Å². The van der Waals surface area contributed by atoms with Crippen LogP contribution in [0.3, 0.4) is 0 Å². The molecule has 0 amide bonds. The highest BCUT2D eigenvalue weighted by molar-refractivity contribution is 5.36. The minimum atomic E-state index is 0.0670. The third kappa shape index (κ3) is 3.32. The van der Waals surface area contributed by atoms with E-state index in [1.54, 1.807) is 0 Å². The molecule has 0 saturated carbocycles. The van der Waals surface area contributed by atoms with Crippen molar-refractivity contribution in [1.29, 1.82) is 0 Å². The summed E-state index contributed by atoms with van der Waals surface area (Å²) >= 11 is 0. The summed E-state index contributed by atoms with van der Waals surface area (Å²) < 4.78 is 11.7. The van der Waals surface area contributed by atoms with Crippen LogP contribution < -0.4 is 16.0 Å². The SMILES string of the molecule is CCC1OCCC1C(NN)c1ccccc1OC(C)C. The van der Waals surface area contributed by atoms with Gasteiger partial charge in [-0.05, 0) is 32.8 Å². The van der Waals surface area contributed by atoms with Gasteiger partial charge in [-0.3, -0.25) is 11.3 Å². The van der Waals surface area contributed by atoms with Crippen molar-refractivity contribution < 1.29 is 9.47 Å². The average Bonchev–Trinajstić information content (AvgIpc) is 2.89. The first-order valence-corrected chi connectivity index (χ1v) is 7.50. The van der Waals surface area contributed by atoms with E-state index in [4.69, 9.17) is 15.3 Å². The molecule has 3 unspecified atom stereocenters. The first kappa shape index (κ1) is 15.3. The fraction of sp³-hybridized carbons (Fsp3) is 0.625. The van der Waals surface area contributed by atoms with E-state index in [0.29, 0.717) is 5.92 Å². The Morgan fingerprint density at radius 3 is 2.80 bits per heavy atom. The molecule has 1 heterocycles. The Balaban J connectivity index is 2.27. The molecule has 1 aliphatic heterocycles. The first-order valence-electron chi connectivity index (χ1n) is 7.50. The lowest BCUT2D eigenvalue weighted by molar-refractivity contribution is 0.0768. The van der Waals surface area contributed by atoms with Crippen molar-refractivity contribution >= 4 is 0 Å². The lowest BCUT2D eigenvalue weighted by Crippen LogP contribution is -2.37. The van der Waals surface area contributed by atoms with Crippen molar-refractivity contribution in [3.63, 3.8) is 0 Å². The summed E-state index contributed by atoms with van der Waals surface area (Å²) in [6.45, 7) is 7.05. The van der Waals surface area contributed by atoms with Gasteiger partial charge in [0.25, 0.3) is 0 Å². The molecule has 0 radical (unpaired) electrons. The molecule has 1 fully saturated rings. The first-order chi connectivity index (χ1) is 9.67. The number of benzene rings is 1. The van der Waals surface area contributed by atoms with Gasteiger partial charge < -0.3 is 9.47 Å². The Bertz CT molecular complexity index is 423. The van der Waals surface area contributed by atoms with Gasteiger partial charge in [0, 0.05) is 18.1 Å². The van der Waals surface area contributed by atoms with Gasteiger partial charge in [0.1, 0.15) is 5.75 Å². The number of nitrogens with one attached hydrogen (secondary N) is 1.